The van der Waals surface area contributed by atoms with E-state index in [1.165, 1.54) is 24.0 Å². The standard InChI is InChI=1S/C16H28N2/c1-5-13(3)17-11-15-7-9-16(10-8-15)12-18-14(4)6-2/h7-10,13-14,17-18H,5-6,11-12H2,1-4H3. The van der Waals surface area contributed by atoms with Crippen LogP contribution in [0.5, 0.6) is 0 Å². The highest BCUT2D eigenvalue weighted by molar-refractivity contribution is 5.22. The van der Waals surface area contributed by atoms with Crippen LogP contribution in [0.25, 0.3) is 0 Å². The number of hydrogen-bond acceptors (Lipinski definition) is 2. The molecule has 0 heterocycles. The van der Waals surface area contributed by atoms with Crippen LogP contribution in [0.15, 0.2) is 24.3 Å². The van der Waals surface area contributed by atoms with Crippen molar-refractivity contribution in [3.63, 3.8) is 0 Å². The maximum absolute atomic E-state index is 3.51. The summed E-state index contributed by atoms with van der Waals surface area (Å²) in [6.07, 6.45) is 2.35. The van der Waals surface area contributed by atoms with E-state index >= 15 is 0 Å². The summed E-state index contributed by atoms with van der Waals surface area (Å²) in [5, 5.41) is 7.02. The van der Waals surface area contributed by atoms with Crippen molar-refractivity contribution < 1.29 is 0 Å². The van der Waals surface area contributed by atoms with E-state index in [1.807, 2.05) is 0 Å². The Kier molecular flexibility index (Phi) is 6.99. The second-order valence-corrected chi connectivity index (χ2v) is 5.20. The van der Waals surface area contributed by atoms with Crippen LogP contribution >= 0.6 is 0 Å². The zero-order chi connectivity index (χ0) is 13.4. The lowest BCUT2D eigenvalue weighted by atomic mass is 10.1. The SMILES string of the molecule is CCC(C)NCc1ccc(CNC(C)CC)cc1. The minimum absolute atomic E-state index is 0.594. The summed E-state index contributed by atoms with van der Waals surface area (Å²) in [4.78, 5) is 0. The van der Waals surface area contributed by atoms with Gasteiger partial charge in [0, 0.05) is 25.2 Å². The Labute approximate surface area is 112 Å². The Hall–Kier alpha value is -0.860. The van der Waals surface area contributed by atoms with E-state index in [1.54, 1.807) is 0 Å². The molecule has 0 amide bonds. The molecule has 0 fully saturated rings. The monoisotopic (exact) mass is 248 g/mol. The average Bonchev–Trinajstić information content (AvgIpc) is 2.43. The highest BCUT2D eigenvalue weighted by Gasteiger charge is 2.00. The molecule has 2 atom stereocenters. The summed E-state index contributed by atoms with van der Waals surface area (Å²) < 4.78 is 0. The van der Waals surface area contributed by atoms with Gasteiger partial charge in [-0.15, -0.1) is 0 Å². The minimum Gasteiger partial charge on any atom is -0.310 e. The van der Waals surface area contributed by atoms with Crippen molar-refractivity contribution in [1.82, 2.24) is 10.6 Å². The number of hydrogen-bond donors (Lipinski definition) is 2. The Morgan fingerprint density at radius 3 is 1.39 bits per heavy atom. The first-order valence-electron chi connectivity index (χ1n) is 7.20. The predicted molar refractivity (Wildman–Crippen MR) is 79.6 cm³/mol. The van der Waals surface area contributed by atoms with E-state index < -0.39 is 0 Å². The molecule has 0 aliphatic heterocycles. The summed E-state index contributed by atoms with van der Waals surface area (Å²) in [5.41, 5.74) is 2.73. The van der Waals surface area contributed by atoms with Gasteiger partial charge < -0.3 is 10.6 Å². The van der Waals surface area contributed by atoms with Gasteiger partial charge in [-0.1, -0.05) is 38.1 Å². The van der Waals surface area contributed by atoms with Gasteiger partial charge in [-0.25, -0.2) is 0 Å². The summed E-state index contributed by atoms with van der Waals surface area (Å²) >= 11 is 0. The fourth-order valence-electron chi connectivity index (χ4n) is 1.65. The average molecular weight is 248 g/mol. The zero-order valence-corrected chi connectivity index (χ0v) is 12.3. The Balaban J connectivity index is 2.37. The molecule has 0 aliphatic rings. The second kappa shape index (κ2) is 8.28. The van der Waals surface area contributed by atoms with Crippen LogP contribution in [0, 0.1) is 0 Å². The topological polar surface area (TPSA) is 24.1 Å². The third-order valence-corrected chi connectivity index (χ3v) is 3.56. The molecule has 2 nitrogen and oxygen atoms in total. The number of rotatable bonds is 8. The van der Waals surface area contributed by atoms with E-state index in [0.717, 1.165) is 13.1 Å². The molecule has 2 N–H and O–H groups in total. The van der Waals surface area contributed by atoms with Gasteiger partial charge >= 0.3 is 0 Å². The molecular formula is C16H28N2. The molecule has 0 saturated carbocycles. The summed E-state index contributed by atoms with van der Waals surface area (Å²) in [5.74, 6) is 0. The number of benzene rings is 1. The van der Waals surface area contributed by atoms with E-state index in [4.69, 9.17) is 0 Å². The van der Waals surface area contributed by atoms with Crippen molar-refractivity contribution in [2.24, 2.45) is 0 Å². The lowest BCUT2D eigenvalue weighted by Crippen LogP contribution is -2.25. The molecule has 1 rings (SSSR count). The van der Waals surface area contributed by atoms with Gasteiger partial charge in [-0.05, 0) is 37.8 Å². The summed E-state index contributed by atoms with van der Waals surface area (Å²) in [6.45, 7) is 10.8. The fraction of sp³-hybridized carbons (Fsp3) is 0.625. The molecule has 1 aromatic rings. The third kappa shape index (κ3) is 5.65. The van der Waals surface area contributed by atoms with Gasteiger partial charge in [0.25, 0.3) is 0 Å². The predicted octanol–water partition coefficient (Wildman–Crippen LogP) is 3.46. The van der Waals surface area contributed by atoms with E-state index in [9.17, 15) is 0 Å². The van der Waals surface area contributed by atoms with Crippen molar-refractivity contribution in [2.75, 3.05) is 0 Å². The molecule has 18 heavy (non-hydrogen) atoms. The molecule has 102 valence electrons. The first-order chi connectivity index (χ1) is 8.65. The molecule has 0 spiro atoms. The highest BCUT2D eigenvalue weighted by atomic mass is 14.9. The van der Waals surface area contributed by atoms with Crippen LogP contribution in [-0.4, -0.2) is 12.1 Å². The van der Waals surface area contributed by atoms with Crippen LogP contribution in [0.2, 0.25) is 0 Å². The Morgan fingerprint density at radius 2 is 1.11 bits per heavy atom. The maximum Gasteiger partial charge on any atom is 0.0207 e. The smallest absolute Gasteiger partial charge is 0.0207 e. The first kappa shape index (κ1) is 15.2. The van der Waals surface area contributed by atoms with Gasteiger partial charge in [0.2, 0.25) is 0 Å². The van der Waals surface area contributed by atoms with Crippen LogP contribution < -0.4 is 10.6 Å². The van der Waals surface area contributed by atoms with Crippen molar-refractivity contribution >= 4 is 0 Å². The molecular weight excluding hydrogens is 220 g/mol. The van der Waals surface area contributed by atoms with E-state index in [2.05, 4.69) is 62.6 Å². The van der Waals surface area contributed by atoms with Gasteiger partial charge in [0.15, 0.2) is 0 Å². The largest absolute Gasteiger partial charge is 0.310 e. The molecule has 1 aromatic carbocycles. The second-order valence-electron chi connectivity index (χ2n) is 5.20. The van der Waals surface area contributed by atoms with Crippen molar-refractivity contribution in [3.8, 4) is 0 Å². The van der Waals surface area contributed by atoms with Gasteiger partial charge in [-0.3, -0.25) is 0 Å². The van der Waals surface area contributed by atoms with E-state index in [-0.39, 0.29) is 0 Å². The quantitative estimate of drug-likeness (QED) is 0.736. The van der Waals surface area contributed by atoms with Gasteiger partial charge in [0.1, 0.15) is 0 Å². The van der Waals surface area contributed by atoms with Crippen molar-refractivity contribution in [3.05, 3.63) is 35.4 Å². The molecule has 0 aromatic heterocycles. The molecule has 0 radical (unpaired) electrons. The molecule has 0 bridgehead atoms. The molecule has 0 aliphatic carbocycles. The lowest BCUT2D eigenvalue weighted by molar-refractivity contribution is 0.531. The zero-order valence-electron chi connectivity index (χ0n) is 12.3. The molecule has 2 heteroatoms. The minimum atomic E-state index is 0.594. The van der Waals surface area contributed by atoms with E-state index in [0.29, 0.717) is 12.1 Å². The van der Waals surface area contributed by atoms with Crippen LogP contribution in [0.4, 0.5) is 0 Å². The first-order valence-corrected chi connectivity index (χ1v) is 7.20. The molecule has 2 unspecified atom stereocenters. The lowest BCUT2D eigenvalue weighted by Gasteiger charge is -2.13. The van der Waals surface area contributed by atoms with Gasteiger partial charge in [-0.2, -0.15) is 0 Å². The van der Waals surface area contributed by atoms with Crippen LogP contribution in [0.1, 0.15) is 51.7 Å². The van der Waals surface area contributed by atoms with Crippen LogP contribution in [0.3, 0.4) is 0 Å². The fourth-order valence-corrected chi connectivity index (χ4v) is 1.65. The summed E-state index contributed by atoms with van der Waals surface area (Å²) in [7, 11) is 0. The third-order valence-electron chi connectivity index (χ3n) is 3.56. The Bertz CT molecular complexity index is 285. The molecule has 0 saturated heterocycles. The highest BCUT2D eigenvalue weighted by Crippen LogP contribution is 2.05. The summed E-state index contributed by atoms with van der Waals surface area (Å²) in [6, 6.07) is 10.1. The van der Waals surface area contributed by atoms with Crippen molar-refractivity contribution in [2.45, 2.75) is 65.7 Å². The normalized spacial score (nSPS) is 14.4. The van der Waals surface area contributed by atoms with Gasteiger partial charge in [0.05, 0.1) is 0 Å². The van der Waals surface area contributed by atoms with Crippen molar-refractivity contribution in [1.29, 1.82) is 0 Å². The maximum atomic E-state index is 3.51. The van der Waals surface area contributed by atoms with Crippen LogP contribution in [-0.2, 0) is 13.1 Å². The number of nitrogens with one attached hydrogen (secondary N) is 2. The Morgan fingerprint density at radius 1 is 0.778 bits per heavy atom.